The quantitative estimate of drug-likeness (QED) is 0.569. The van der Waals surface area contributed by atoms with Gasteiger partial charge < -0.3 is 24.2 Å². The normalized spacial score (nSPS) is 23.7. The van der Waals surface area contributed by atoms with Crippen molar-refractivity contribution in [3.05, 3.63) is 29.3 Å². The first kappa shape index (κ1) is 25.8. The maximum absolute atomic E-state index is 13.3. The van der Waals surface area contributed by atoms with Crippen LogP contribution in [0.15, 0.2) is 24.3 Å². The maximum atomic E-state index is 13.3. The zero-order chi connectivity index (χ0) is 24.7. The van der Waals surface area contributed by atoms with Gasteiger partial charge in [-0.25, -0.2) is 0 Å². The molecule has 192 valence electrons. The van der Waals surface area contributed by atoms with Crippen LogP contribution in [0.1, 0.15) is 44.9 Å². The molecule has 8 nitrogen and oxygen atoms in total. The molecule has 4 rings (SSSR count). The molecule has 3 saturated heterocycles. The van der Waals surface area contributed by atoms with Crippen LogP contribution in [0.3, 0.4) is 0 Å². The summed E-state index contributed by atoms with van der Waals surface area (Å²) in [5.41, 5.74) is -0.506. The predicted octanol–water partition coefficient (Wildman–Crippen LogP) is 2.98. The smallest absolute Gasteiger partial charge is 0.242 e. The van der Waals surface area contributed by atoms with E-state index in [1.54, 1.807) is 17.0 Å². The topological polar surface area (TPSA) is 79.4 Å². The van der Waals surface area contributed by atoms with Gasteiger partial charge in [-0.15, -0.1) is 0 Å². The number of rotatable bonds is 7. The van der Waals surface area contributed by atoms with Crippen molar-refractivity contribution < 1.29 is 23.9 Å². The first-order valence-corrected chi connectivity index (χ1v) is 13.1. The fourth-order valence-corrected chi connectivity index (χ4v) is 5.42. The number of likely N-dealkylation sites (tertiary alicyclic amines) is 2. The number of halogens is 1. The highest BCUT2D eigenvalue weighted by Crippen LogP contribution is 2.36. The Bertz CT molecular complexity index is 907. The first-order valence-electron chi connectivity index (χ1n) is 12.7. The van der Waals surface area contributed by atoms with Crippen LogP contribution in [0.5, 0.6) is 5.75 Å². The zero-order valence-corrected chi connectivity index (χ0v) is 21.1. The van der Waals surface area contributed by atoms with Gasteiger partial charge in [-0.3, -0.25) is 14.4 Å². The van der Waals surface area contributed by atoms with Crippen LogP contribution in [-0.4, -0.2) is 91.5 Å². The Morgan fingerprint density at radius 2 is 1.83 bits per heavy atom. The molecule has 0 unspecified atom stereocenters. The van der Waals surface area contributed by atoms with E-state index in [2.05, 4.69) is 0 Å². The van der Waals surface area contributed by atoms with Crippen molar-refractivity contribution in [2.45, 2.75) is 44.9 Å². The first-order chi connectivity index (χ1) is 16.9. The summed E-state index contributed by atoms with van der Waals surface area (Å²) in [6.45, 7) is 4.40. The molecular weight excluding hydrogens is 470 g/mol. The number of benzene rings is 1. The number of carbonyl (C=O) groups is 3. The third kappa shape index (κ3) is 7.10. The molecule has 3 heterocycles. The highest BCUT2D eigenvalue weighted by Gasteiger charge is 2.41. The van der Waals surface area contributed by atoms with Crippen LogP contribution in [0.4, 0.5) is 0 Å². The lowest BCUT2D eigenvalue weighted by Gasteiger charge is -2.43. The SMILES string of the molecule is O=C(C[C@@]1(COc2cccc(Cl)c2)CCCN(C(=O)CN2CCCCCC2=O)C1)N1CCOCC1. The van der Waals surface area contributed by atoms with Crippen molar-refractivity contribution >= 4 is 29.3 Å². The largest absolute Gasteiger partial charge is 0.493 e. The summed E-state index contributed by atoms with van der Waals surface area (Å²) in [7, 11) is 0. The molecule has 1 aromatic carbocycles. The van der Waals surface area contributed by atoms with Gasteiger partial charge in [-0.1, -0.05) is 24.1 Å². The van der Waals surface area contributed by atoms with E-state index in [1.807, 2.05) is 21.9 Å². The molecule has 1 atom stereocenters. The van der Waals surface area contributed by atoms with Crippen molar-refractivity contribution in [3.63, 3.8) is 0 Å². The van der Waals surface area contributed by atoms with Crippen LogP contribution in [0, 0.1) is 5.41 Å². The van der Waals surface area contributed by atoms with Crippen molar-refractivity contribution in [2.24, 2.45) is 5.41 Å². The van der Waals surface area contributed by atoms with E-state index in [9.17, 15) is 14.4 Å². The number of ether oxygens (including phenoxy) is 2. The maximum Gasteiger partial charge on any atom is 0.242 e. The summed E-state index contributed by atoms with van der Waals surface area (Å²) < 4.78 is 11.6. The molecular formula is C26H36ClN3O5. The molecule has 3 aliphatic rings. The lowest BCUT2D eigenvalue weighted by Crippen LogP contribution is -2.53. The Morgan fingerprint density at radius 3 is 2.63 bits per heavy atom. The van der Waals surface area contributed by atoms with Gasteiger partial charge in [0.25, 0.3) is 0 Å². The second-order valence-electron chi connectivity index (χ2n) is 9.96. The number of amides is 3. The molecule has 0 aliphatic carbocycles. The number of carbonyl (C=O) groups excluding carboxylic acids is 3. The number of nitrogens with zero attached hydrogens (tertiary/aromatic N) is 3. The summed E-state index contributed by atoms with van der Waals surface area (Å²) in [6.07, 6.45) is 5.24. The number of morpholine rings is 1. The molecule has 0 saturated carbocycles. The molecule has 1 aromatic rings. The fourth-order valence-electron chi connectivity index (χ4n) is 5.24. The number of hydrogen-bond donors (Lipinski definition) is 0. The van der Waals surface area contributed by atoms with Gasteiger partial charge in [-0.2, -0.15) is 0 Å². The fraction of sp³-hybridized carbons (Fsp3) is 0.654. The molecule has 3 fully saturated rings. The highest BCUT2D eigenvalue weighted by molar-refractivity contribution is 6.30. The molecule has 3 aliphatic heterocycles. The molecule has 35 heavy (non-hydrogen) atoms. The minimum atomic E-state index is -0.506. The minimum Gasteiger partial charge on any atom is -0.493 e. The van der Waals surface area contributed by atoms with Crippen LogP contribution in [-0.2, 0) is 19.1 Å². The Kier molecular flexibility index (Phi) is 8.89. The predicted molar refractivity (Wildman–Crippen MR) is 132 cm³/mol. The third-order valence-corrected chi connectivity index (χ3v) is 7.48. The van der Waals surface area contributed by atoms with Gasteiger partial charge in [0.05, 0.1) is 26.4 Å². The number of piperidine rings is 1. The zero-order valence-electron chi connectivity index (χ0n) is 20.4. The summed E-state index contributed by atoms with van der Waals surface area (Å²) >= 11 is 6.13. The van der Waals surface area contributed by atoms with Gasteiger partial charge in [-0.05, 0) is 43.9 Å². The molecule has 9 heteroatoms. The van der Waals surface area contributed by atoms with Gasteiger partial charge in [0, 0.05) is 56.0 Å². The van der Waals surface area contributed by atoms with E-state index < -0.39 is 5.41 Å². The molecule has 0 bridgehead atoms. The summed E-state index contributed by atoms with van der Waals surface area (Å²) in [5.74, 6) is 0.728. The van der Waals surface area contributed by atoms with E-state index in [4.69, 9.17) is 21.1 Å². The van der Waals surface area contributed by atoms with Gasteiger partial charge in [0.2, 0.25) is 17.7 Å². The minimum absolute atomic E-state index is 0.0501. The molecule has 0 spiro atoms. The van der Waals surface area contributed by atoms with Crippen LogP contribution in [0.25, 0.3) is 0 Å². The van der Waals surface area contributed by atoms with Crippen molar-refractivity contribution in [2.75, 3.05) is 59.1 Å². The third-order valence-electron chi connectivity index (χ3n) is 7.24. The Balaban J connectivity index is 1.46. The van der Waals surface area contributed by atoms with Gasteiger partial charge >= 0.3 is 0 Å². The summed E-state index contributed by atoms with van der Waals surface area (Å²) in [5, 5.41) is 0.587. The van der Waals surface area contributed by atoms with E-state index >= 15 is 0 Å². The summed E-state index contributed by atoms with van der Waals surface area (Å²) in [6, 6.07) is 7.23. The second-order valence-corrected chi connectivity index (χ2v) is 10.4. The van der Waals surface area contributed by atoms with Crippen LogP contribution in [0.2, 0.25) is 5.02 Å². The van der Waals surface area contributed by atoms with E-state index in [1.165, 1.54) is 0 Å². The van der Waals surface area contributed by atoms with Crippen LogP contribution >= 0.6 is 11.6 Å². The standard InChI is InChI=1S/C26H36ClN3O5/c27-21-6-4-7-22(16-21)35-20-26(17-24(32)28-12-14-34-15-13-28)9-5-11-30(19-26)25(33)18-29-10-3-1-2-8-23(29)31/h4,6-7,16H,1-3,5,8-15,17-20H2/t26-/m0/s1. The van der Waals surface area contributed by atoms with Gasteiger partial charge in [0.15, 0.2) is 0 Å². The van der Waals surface area contributed by atoms with E-state index in [-0.39, 0.29) is 24.3 Å². The average Bonchev–Trinajstić information content (AvgIpc) is 3.07. The average molecular weight is 506 g/mol. The second kappa shape index (κ2) is 12.1. The van der Waals surface area contributed by atoms with Gasteiger partial charge in [0.1, 0.15) is 5.75 Å². The Hall–Kier alpha value is -2.32. The lowest BCUT2D eigenvalue weighted by atomic mass is 9.77. The van der Waals surface area contributed by atoms with E-state index in [0.29, 0.717) is 76.2 Å². The summed E-state index contributed by atoms with van der Waals surface area (Å²) in [4.78, 5) is 44.3. The monoisotopic (exact) mass is 505 g/mol. The van der Waals surface area contributed by atoms with Crippen molar-refractivity contribution in [3.8, 4) is 5.75 Å². The highest BCUT2D eigenvalue weighted by atomic mass is 35.5. The van der Waals surface area contributed by atoms with Crippen LogP contribution < -0.4 is 4.74 Å². The molecule has 0 aromatic heterocycles. The molecule has 0 N–H and O–H groups in total. The van der Waals surface area contributed by atoms with E-state index in [0.717, 1.165) is 32.1 Å². The molecule has 0 radical (unpaired) electrons. The molecule has 3 amide bonds. The van der Waals surface area contributed by atoms with Crippen molar-refractivity contribution in [1.29, 1.82) is 0 Å². The van der Waals surface area contributed by atoms with Crippen molar-refractivity contribution in [1.82, 2.24) is 14.7 Å². The lowest BCUT2D eigenvalue weighted by molar-refractivity contribution is -0.146. The number of hydrogen-bond acceptors (Lipinski definition) is 5. The Labute approximate surface area is 212 Å². The Morgan fingerprint density at radius 1 is 1.00 bits per heavy atom.